The first kappa shape index (κ1) is 17.7. The standard InChI is InChI=1S/C26H28O2/c1-26-14-6-9-21(25(27)23(26)15-17-7-4-3-5-8-17)24-20-12-11-19(28-2)16-18(20)10-13-22(24)26/h3-5,7-8,11-12,15-16,21-22,24H,6,9-10,13-14H2,1-2H3/b23-15+/t21-,22+,24+,26-/m1/s1. The smallest absolute Gasteiger partial charge is 0.163 e. The minimum Gasteiger partial charge on any atom is -0.497 e. The van der Waals surface area contributed by atoms with E-state index in [-0.39, 0.29) is 11.3 Å². The number of Topliss-reactive ketones (excluding diaryl/α,β-unsaturated/α-hetero) is 1. The van der Waals surface area contributed by atoms with Crippen LogP contribution in [-0.2, 0) is 11.2 Å². The number of ketones is 1. The van der Waals surface area contributed by atoms with Crippen LogP contribution in [-0.4, -0.2) is 12.9 Å². The Morgan fingerprint density at radius 2 is 1.93 bits per heavy atom. The number of fused-ring (bicyclic) bond motifs is 4. The average molecular weight is 373 g/mol. The fourth-order valence-corrected chi connectivity index (χ4v) is 6.29. The molecule has 0 N–H and O–H groups in total. The summed E-state index contributed by atoms with van der Waals surface area (Å²) in [6.45, 7) is 2.37. The molecule has 2 aromatic carbocycles. The molecular formula is C26H28O2. The van der Waals surface area contributed by atoms with Crippen molar-refractivity contribution >= 4 is 11.9 Å². The molecule has 4 aliphatic rings. The summed E-state index contributed by atoms with van der Waals surface area (Å²) < 4.78 is 5.45. The fraction of sp³-hybridized carbons (Fsp3) is 0.423. The summed E-state index contributed by atoms with van der Waals surface area (Å²) in [7, 11) is 1.73. The van der Waals surface area contributed by atoms with Crippen molar-refractivity contribution in [2.45, 2.75) is 44.9 Å². The van der Waals surface area contributed by atoms with Gasteiger partial charge >= 0.3 is 0 Å². The molecule has 4 aliphatic carbocycles. The van der Waals surface area contributed by atoms with Crippen molar-refractivity contribution in [3.05, 3.63) is 70.8 Å². The van der Waals surface area contributed by atoms with Crippen LogP contribution in [0.1, 0.15) is 55.2 Å². The second-order valence-electron chi connectivity index (χ2n) is 8.98. The van der Waals surface area contributed by atoms with Crippen molar-refractivity contribution in [2.24, 2.45) is 17.3 Å². The molecule has 4 atom stereocenters. The van der Waals surface area contributed by atoms with E-state index in [1.165, 1.54) is 11.1 Å². The maximum atomic E-state index is 13.7. The van der Waals surface area contributed by atoms with Gasteiger partial charge in [0.2, 0.25) is 0 Å². The van der Waals surface area contributed by atoms with E-state index < -0.39 is 0 Å². The van der Waals surface area contributed by atoms with Crippen LogP contribution < -0.4 is 4.74 Å². The first-order valence-corrected chi connectivity index (χ1v) is 10.6. The number of carbonyl (C=O) groups excluding carboxylic acids is 1. The summed E-state index contributed by atoms with van der Waals surface area (Å²) in [6.07, 6.45) is 7.74. The van der Waals surface area contributed by atoms with Gasteiger partial charge in [-0.15, -0.1) is 0 Å². The third-order valence-corrected chi connectivity index (χ3v) is 7.66. The fourth-order valence-electron chi connectivity index (χ4n) is 6.29. The van der Waals surface area contributed by atoms with E-state index in [9.17, 15) is 4.79 Å². The van der Waals surface area contributed by atoms with Gasteiger partial charge in [0.1, 0.15) is 5.75 Å². The third kappa shape index (κ3) is 2.57. The van der Waals surface area contributed by atoms with Gasteiger partial charge in [0.05, 0.1) is 7.11 Å². The van der Waals surface area contributed by atoms with E-state index in [1.54, 1.807) is 7.11 Å². The second kappa shape index (κ2) is 6.62. The highest BCUT2D eigenvalue weighted by atomic mass is 16.5. The highest BCUT2D eigenvalue weighted by Gasteiger charge is 2.56. The molecular weight excluding hydrogens is 344 g/mol. The van der Waals surface area contributed by atoms with Crippen molar-refractivity contribution in [2.75, 3.05) is 7.11 Å². The highest BCUT2D eigenvalue weighted by Crippen LogP contribution is 2.62. The van der Waals surface area contributed by atoms with Crippen molar-refractivity contribution in [1.29, 1.82) is 0 Å². The minimum atomic E-state index is -0.0256. The zero-order valence-electron chi connectivity index (χ0n) is 16.8. The average Bonchev–Trinajstić information content (AvgIpc) is 2.95. The van der Waals surface area contributed by atoms with Crippen LogP contribution in [0, 0.1) is 17.3 Å². The van der Waals surface area contributed by atoms with Gasteiger partial charge in [0, 0.05) is 11.5 Å². The van der Waals surface area contributed by atoms with Gasteiger partial charge in [-0.25, -0.2) is 0 Å². The number of rotatable bonds is 2. The van der Waals surface area contributed by atoms with E-state index in [2.05, 4.69) is 55.5 Å². The number of benzene rings is 2. The molecule has 3 fully saturated rings. The predicted octanol–water partition coefficient (Wildman–Crippen LogP) is 5.81. The molecule has 3 saturated carbocycles. The molecule has 0 radical (unpaired) electrons. The molecule has 2 aromatic rings. The monoisotopic (exact) mass is 372 g/mol. The summed E-state index contributed by atoms with van der Waals surface area (Å²) in [5, 5.41) is 0. The van der Waals surface area contributed by atoms with Crippen LogP contribution in [0.4, 0.5) is 0 Å². The molecule has 0 heterocycles. The Hall–Kier alpha value is -2.35. The largest absolute Gasteiger partial charge is 0.497 e. The molecule has 28 heavy (non-hydrogen) atoms. The third-order valence-electron chi connectivity index (χ3n) is 7.66. The van der Waals surface area contributed by atoms with Crippen LogP contribution in [0.25, 0.3) is 6.08 Å². The number of ether oxygens (including phenoxy) is 1. The molecule has 0 saturated heterocycles. The molecule has 0 unspecified atom stereocenters. The van der Waals surface area contributed by atoms with Gasteiger partial charge in [-0.3, -0.25) is 4.79 Å². The van der Waals surface area contributed by atoms with Gasteiger partial charge in [0.15, 0.2) is 5.78 Å². The summed E-state index contributed by atoms with van der Waals surface area (Å²) in [6, 6.07) is 16.9. The van der Waals surface area contributed by atoms with Crippen molar-refractivity contribution in [3.63, 3.8) is 0 Å². The van der Waals surface area contributed by atoms with Crippen molar-refractivity contribution in [3.8, 4) is 5.75 Å². The first-order chi connectivity index (χ1) is 13.6. The van der Waals surface area contributed by atoms with E-state index in [4.69, 9.17) is 4.74 Å². The van der Waals surface area contributed by atoms with Gasteiger partial charge in [-0.1, -0.05) is 49.7 Å². The van der Waals surface area contributed by atoms with Gasteiger partial charge in [-0.05, 0) is 77.8 Å². The SMILES string of the molecule is COc1ccc2c(c1)CC[C@H]1[C@@H]2[C@H]2CCC[C@@]1(C)/C(=C/c1ccccc1)C2=O. The molecule has 2 heteroatoms. The first-order valence-electron chi connectivity index (χ1n) is 10.6. The predicted molar refractivity (Wildman–Crippen MR) is 112 cm³/mol. The Bertz CT molecular complexity index is 942. The van der Waals surface area contributed by atoms with E-state index in [0.717, 1.165) is 49.0 Å². The maximum Gasteiger partial charge on any atom is 0.163 e. The Morgan fingerprint density at radius 3 is 2.71 bits per heavy atom. The molecule has 0 aliphatic heterocycles. The summed E-state index contributed by atoms with van der Waals surface area (Å²) in [4.78, 5) is 13.7. The lowest BCUT2D eigenvalue weighted by Crippen LogP contribution is -2.46. The van der Waals surface area contributed by atoms with Gasteiger partial charge < -0.3 is 4.74 Å². The number of methoxy groups -OCH3 is 1. The summed E-state index contributed by atoms with van der Waals surface area (Å²) in [5.74, 6) is 2.37. The van der Waals surface area contributed by atoms with Crippen LogP contribution in [0.15, 0.2) is 54.1 Å². The van der Waals surface area contributed by atoms with Crippen LogP contribution in [0.3, 0.4) is 0 Å². The Morgan fingerprint density at radius 1 is 1.11 bits per heavy atom. The lowest BCUT2D eigenvalue weighted by molar-refractivity contribution is -0.124. The van der Waals surface area contributed by atoms with Gasteiger partial charge in [0.25, 0.3) is 0 Å². The zero-order valence-corrected chi connectivity index (χ0v) is 16.8. The molecule has 0 spiro atoms. The molecule has 2 nitrogen and oxygen atoms in total. The normalized spacial score (nSPS) is 32.6. The minimum absolute atomic E-state index is 0.0256. The summed E-state index contributed by atoms with van der Waals surface area (Å²) in [5.41, 5.74) is 5.00. The molecule has 0 amide bonds. The van der Waals surface area contributed by atoms with Crippen molar-refractivity contribution in [1.82, 2.24) is 0 Å². The lowest BCUT2D eigenvalue weighted by atomic mass is 9.52. The number of hydrogen-bond acceptors (Lipinski definition) is 2. The van der Waals surface area contributed by atoms with Gasteiger partial charge in [-0.2, -0.15) is 0 Å². The van der Waals surface area contributed by atoms with Crippen LogP contribution >= 0.6 is 0 Å². The zero-order chi connectivity index (χ0) is 19.3. The number of hydrogen-bond donors (Lipinski definition) is 0. The van der Waals surface area contributed by atoms with Crippen molar-refractivity contribution < 1.29 is 9.53 Å². The van der Waals surface area contributed by atoms with E-state index >= 15 is 0 Å². The van der Waals surface area contributed by atoms with Crippen LogP contribution in [0.5, 0.6) is 5.75 Å². The van der Waals surface area contributed by atoms with E-state index in [0.29, 0.717) is 17.6 Å². The Balaban J connectivity index is 1.63. The Kier molecular flexibility index (Phi) is 4.19. The second-order valence-corrected chi connectivity index (χ2v) is 8.98. The summed E-state index contributed by atoms with van der Waals surface area (Å²) >= 11 is 0. The Labute approximate surface area is 167 Å². The lowest BCUT2D eigenvalue weighted by Gasteiger charge is -2.51. The molecule has 6 rings (SSSR count). The maximum absolute atomic E-state index is 13.7. The number of carbonyl (C=O) groups is 1. The molecule has 0 aromatic heterocycles. The molecule has 144 valence electrons. The quantitative estimate of drug-likeness (QED) is 0.622. The number of aryl methyl sites for hydroxylation is 1. The van der Waals surface area contributed by atoms with E-state index in [1.807, 2.05) is 6.07 Å². The molecule has 2 bridgehead atoms. The topological polar surface area (TPSA) is 26.3 Å². The number of allylic oxidation sites excluding steroid dienone is 1. The highest BCUT2D eigenvalue weighted by molar-refractivity contribution is 6.04. The van der Waals surface area contributed by atoms with Crippen LogP contribution in [0.2, 0.25) is 0 Å².